The van der Waals surface area contributed by atoms with Crippen LogP contribution in [0.4, 0.5) is 5.69 Å². The average molecular weight is 259 g/mol. The highest BCUT2D eigenvalue weighted by Gasteiger charge is 2.23. The molecule has 6 heteroatoms. The van der Waals surface area contributed by atoms with Crippen molar-refractivity contribution in [3.63, 3.8) is 0 Å². The molecule has 0 amide bonds. The van der Waals surface area contributed by atoms with E-state index in [-0.39, 0.29) is 5.69 Å². The Kier molecular flexibility index (Phi) is 3.00. The Balaban J connectivity index is 2.21. The lowest BCUT2D eigenvalue weighted by molar-refractivity contribution is 0.0689. The molecule has 1 aliphatic heterocycles. The Morgan fingerprint density at radius 1 is 1.21 bits per heavy atom. The van der Waals surface area contributed by atoms with Crippen LogP contribution in [0.25, 0.3) is 10.9 Å². The molecule has 1 saturated heterocycles. The van der Waals surface area contributed by atoms with E-state index in [0.29, 0.717) is 37.5 Å². The van der Waals surface area contributed by atoms with E-state index in [2.05, 4.69) is 10.2 Å². The quantitative estimate of drug-likeness (QED) is 0.872. The SMILES string of the molecule is O=C(O)c1nnc2ccccc2c1N1CCOCC1. The summed E-state index contributed by atoms with van der Waals surface area (Å²) in [5.74, 6) is -1.06. The number of carboxylic acid groups (broad SMARTS) is 1. The van der Waals surface area contributed by atoms with Crippen LogP contribution in [0.2, 0.25) is 0 Å². The molecule has 1 aromatic carbocycles. The normalized spacial score (nSPS) is 15.7. The van der Waals surface area contributed by atoms with Gasteiger partial charge in [0.2, 0.25) is 0 Å². The molecule has 19 heavy (non-hydrogen) atoms. The topological polar surface area (TPSA) is 75.5 Å². The van der Waals surface area contributed by atoms with Gasteiger partial charge in [0.1, 0.15) is 0 Å². The zero-order valence-electron chi connectivity index (χ0n) is 10.2. The number of ether oxygens (including phenoxy) is 1. The second kappa shape index (κ2) is 4.81. The largest absolute Gasteiger partial charge is 0.476 e. The summed E-state index contributed by atoms with van der Waals surface area (Å²) in [7, 11) is 0. The maximum absolute atomic E-state index is 11.3. The van der Waals surface area contributed by atoms with Gasteiger partial charge in [-0.2, -0.15) is 0 Å². The van der Waals surface area contributed by atoms with E-state index >= 15 is 0 Å². The van der Waals surface area contributed by atoms with Gasteiger partial charge in [-0.15, -0.1) is 10.2 Å². The third-order valence-corrected chi connectivity index (χ3v) is 3.17. The van der Waals surface area contributed by atoms with Gasteiger partial charge >= 0.3 is 5.97 Å². The van der Waals surface area contributed by atoms with Crippen LogP contribution in [0.3, 0.4) is 0 Å². The smallest absolute Gasteiger partial charge is 0.358 e. The minimum absolute atomic E-state index is 0.000556. The van der Waals surface area contributed by atoms with Crippen molar-refractivity contribution in [1.82, 2.24) is 10.2 Å². The van der Waals surface area contributed by atoms with Crippen LogP contribution < -0.4 is 4.90 Å². The molecule has 0 saturated carbocycles. The van der Waals surface area contributed by atoms with Gasteiger partial charge in [-0.3, -0.25) is 0 Å². The van der Waals surface area contributed by atoms with Gasteiger partial charge in [0.15, 0.2) is 5.69 Å². The molecule has 0 unspecified atom stereocenters. The number of anilines is 1. The monoisotopic (exact) mass is 259 g/mol. The Morgan fingerprint density at radius 3 is 2.68 bits per heavy atom. The van der Waals surface area contributed by atoms with Gasteiger partial charge in [-0.25, -0.2) is 4.79 Å². The maximum atomic E-state index is 11.3. The molecule has 1 aromatic heterocycles. The number of hydrogen-bond donors (Lipinski definition) is 1. The average Bonchev–Trinajstić information content (AvgIpc) is 2.46. The first-order valence-corrected chi connectivity index (χ1v) is 6.09. The number of aromatic carboxylic acids is 1. The van der Waals surface area contributed by atoms with Crippen LogP contribution in [0.15, 0.2) is 24.3 Å². The highest BCUT2D eigenvalue weighted by molar-refractivity contribution is 6.02. The molecule has 2 aromatic rings. The molecular formula is C13H13N3O3. The molecule has 0 radical (unpaired) electrons. The van der Waals surface area contributed by atoms with Crippen molar-refractivity contribution < 1.29 is 14.6 Å². The van der Waals surface area contributed by atoms with Crippen LogP contribution in [-0.2, 0) is 4.74 Å². The molecule has 0 spiro atoms. The molecule has 0 aliphatic carbocycles. The Hall–Kier alpha value is -2.21. The lowest BCUT2D eigenvalue weighted by Gasteiger charge is -2.30. The van der Waals surface area contributed by atoms with E-state index < -0.39 is 5.97 Å². The predicted molar refractivity (Wildman–Crippen MR) is 69.5 cm³/mol. The summed E-state index contributed by atoms with van der Waals surface area (Å²) >= 11 is 0. The van der Waals surface area contributed by atoms with Crippen LogP contribution in [0.5, 0.6) is 0 Å². The fraction of sp³-hybridized carbons (Fsp3) is 0.308. The van der Waals surface area contributed by atoms with E-state index in [4.69, 9.17) is 4.74 Å². The van der Waals surface area contributed by atoms with E-state index in [0.717, 1.165) is 5.39 Å². The molecular weight excluding hydrogens is 246 g/mol. The summed E-state index contributed by atoms with van der Waals surface area (Å²) in [5, 5.41) is 17.9. The van der Waals surface area contributed by atoms with Gasteiger partial charge in [0.25, 0.3) is 0 Å². The number of carbonyl (C=O) groups is 1. The van der Waals surface area contributed by atoms with Crippen LogP contribution in [0.1, 0.15) is 10.5 Å². The van der Waals surface area contributed by atoms with Gasteiger partial charge in [0.05, 0.1) is 24.4 Å². The summed E-state index contributed by atoms with van der Waals surface area (Å²) in [4.78, 5) is 13.4. The molecule has 0 bridgehead atoms. The Bertz CT molecular complexity index is 624. The summed E-state index contributed by atoms with van der Waals surface area (Å²) in [6.45, 7) is 2.51. The first-order valence-electron chi connectivity index (χ1n) is 6.09. The maximum Gasteiger partial charge on any atom is 0.358 e. The molecule has 2 heterocycles. The zero-order valence-corrected chi connectivity index (χ0v) is 10.2. The number of benzene rings is 1. The number of nitrogens with zero attached hydrogens (tertiary/aromatic N) is 3. The third kappa shape index (κ3) is 2.10. The highest BCUT2D eigenvalue weighted by Crippen LogP contribution is 2.28. The fourth-order valence-corrected chi connectivity index (χ4v) is 2.29. The van der Waals surface area contributed by atoms with Crippen molar-refractivity contribution in [3.8, 4) is 0 Å². The standard InChI is InChI=1S/C13H13N3O3/c17-13(18)11-12(16-5-7-19-8-6-16)9-3-1-2-4-10(9)14-15-11/h1-4H,5-8H2,(H,17,18). The number of rotatable bonds is 2. The summed E-state index contributed by atoms with van der Waals surface area (Å²) in [6.07, 6.45) is 0. The Labute approximate surface area is 109 Å². The van der Waals surface area contributed by atoms with Crippen molar-refractivity contribution in [2.45, 2.75) is 0 Å². The fourth-order valence-electron chi connectivity index (χ4n) is 2.29. The van der Waals surface area contributed by atoms with Crippen molar-refractivity contribution in [1.29, 1.82) is 0 Å². The number of aromatic nitrogens is 2. The highest BCUT2D eigenvalue weighted by atomic mass is 16.5. The summed E-state index contributed by atoms with van der Waals surface area (Å²) in [6, 6.07) is 7.44. The first kappa shape index (κ1) is 11.9. The lowest BCUT2D eigenvalue weighted by Crippen LogP contribution is -2.37. The van der Waals surface area contributed by atoms with Crippen molar-refractivity contribution in [2.24, 2.45) is 0 Å². The minimum Gasteiger partial charge on any atom is -0.476 e. The minimum atomic E-state index is -1.06. The molecule has 6 nitrogen and oxygen atoms in total. The molecule has 0 atom stereocenters. The summed E-state index contributed by atoms with van der Waals surface area (Å²) < 4.78 is 5.31. The van der Waals surface area contributed by atoms with Crippen LogP contribution in [0, 0.1) is 0 Å². The van der Waals surface area contributed by atoms with Crippen molar-refractivity contribution in [2.75, 3.05) is 31.2 Å². The number of morpholine rings is 1. The van der Waals surface area contributed by atoms with E-state index in [1.807, 2.05) is 29.2 Å². The number of carboxylic acids is 1. The number of hydrogen-bond acceptors (Lipinski definition) is 5. The van der Waals surface area contributed by atoms with Crippen molar-refractivity contribution in [3.05, 3.63) is 30.0 Å². The second-order valence-electron chi connectivity index (χ2n) is 4.32. The first-order chi connectivity index (χ1) is 9.27. The molecule has 1 fully saturated rings. The van der Waals surface area contributed by atoms with Gasteiger partial charge < -0.3 is 14.7 Å². The molecule has 98 valence electrons. The van der Waals surface area contributed by atoms with Gasteiger partial charge in [-0.05, 0) is 6.07 Å². The number of fused-ring (bicyclic) bond motifs is 1. The van der Waals surface area contributed by atoms with E-state index in [1.54, 1.807) is 0 Å². The van der Waals surface area contributed by atoms with Crippen LogP contribution >= 0.6 is 0 Å². The molecule has 1 aliphatic rings. The molecule has 3 rings (SSSR count). The van der Waals surface area contributed by atoms with Gasteiger partial charge in [-0.1, -0.05) is 18.2 Å². The Morgan fingerprint density at radius 2 is 1.95 bits per heavy atom. The van der Waals surface area contributed by atoms with Gasteiger partial charge in [0, 0.05) is 18.5 Å². The van der Waals surface area contributed by atoms with E-state index in [1.165, 1.54) is 0 Å². The van der Waals surface area contributed by atoms with Crippen molar-refractivity contribution >= 4 is 22.6 Å². The van der Waals surface area contributed by atoms with Crippen LogP contribution in [-0.4, -0.2) is 47.6 Å². The zero-order chi connectivity index (χ0) is 13.2. The lowest BCUT2D eigenvalue weighted by atomic mass is 10.1. The summed E-state index contributed by atoms with van der Waals surface area (Å²) in [5.41, 5.74) is 1.34. The predicted octanol–water partition coefficient (Wildman–Crippen LogP) is 1.16. The molecule has 1 N–H and O–H groups in total. The third-order valence-electron chi connectivity index (χ3n) is 3.17. The van der Waals surface area contributed by atoms with E-state index in [9.17, 15) is 9.90 Å². The second-order valence-corrected chi connectivity index (χ2v) is 4.32.